The first-order valence-electron chi connectivity index (χ1n) is 7.39. The molecule has 2 aromatic carbocycles. The van der Waals surface area contributed by atoms with Crippen molar-refractivity contribution in [3.05, 3.63) is 59.4 Å². The molecule has 0 unspecified atom stereocenters. The number of ether oxygens (including phenoxy) is 1. The highest BCUT2D eigenvalue weighted by Crippen LogP contribution is 2.20. The first-order chi connectivity index (χ1) is 11.8. The van der Waals surface area contributed by atoms with Gasteiger partial charge in [0.05, 0.1) is 12.0 Å². The lowest BCUT2D eigenvalue weighted by molar-refractivity contribution is 0.0950. The number of nitrogens with zero attached hydrogens (tertiary/aromatic N) is 1. The minimum atomic E-state index is -3.63. The summed E-state index contributed by atoms with van der Waals surface area (Å²) in [6, 6.07) is 10.2. The van der Waals surface area contributed by atoms with Crippen LogP contribution < -0.4 is 10.1 Å². The molecule has 0 aromatic heterocycles. The van der Waals surface area contributed by atoms with E-state index in [0.717, 1.165) is 10.4 Å². The number of hydrogen-bond donors (Lipinski definition) is 1. The molecule has 0 radical (unpaired) electrons. The maximum atomic E-state index is 13.7. The van der Waals surface area contributed by atoms with E-state index in [0.29, 0.717) is 5.56 Å². The van der Waals surface area contributed by atoms with Crippen molar-refractivity contribution >= 4 is 15.9 Å². The molecule has 0 aliphatic carbocycles. The van der Waals surface area contributed by atoms with Crippen molar-refractivity contribution in [3.8, 4) is 5.75 Å². The third-order valence-corrected chi connectivity index (χ3v) is 5.50. The van der Waals surface area contributed by atoms with Crippen LogP contribution in [0.15, 0.2) is 47.4 Å². The number of carbonyl (C=O) groups excluding carboxylic acids is 1. The van der Waals surface area contributed by atoms with Gasteiger partial charge in [0.1, 0.15) is 0 Å². The summed E-state index contributed by atoms with van der Waals surface area (Å²) in [7, 11) is 0.574. The zero-order valence-electron chi connectivity index (χ0n) is 14.1. The van der Waals surface area contributed by atoms with Crippen LogP contribution in [0.4, 0.5) is 4.39 Å². The molecule has 0 fully saturated rings. The van der Waals surface area contributed by atoms with Gasteiger partial charge in [-0.25, -0.2) is 17.1 Å². The first kappa shape index (κ1) is 18.9. The highest BCUT2D eigenvalue weighted by molar-refractivity contribution is 7.89. The van der Waals surface area contributed by atoms with Gasteiger partial charge in [0, 0.05) is 26.2 Å². The van der Waals surface area contributed by atoms with Crippen molar-refractivity contribution < 1.29 is 22.3 Å². The van der Waals surface area contributed by atoms with Crippen LogP contribution in [0.2, 0.25) is 0 Å². The van der Waals surface area contributed by atoms with Crippen LogP contribution in [0.3, 0.4) is 0 Å². The molecule has 8 heteroatoms. The lowest BCUT2D eigenvalue weighted by Crippen LogP contribution is -2.27. The molecule has 0 spiro atoms. The molecular formula is C17H19FN2O4S. The van der Waals surface area contributed by atoms with Gasteiger partial charge in [-0.15, -0.1) is 0 Å². The minimum Gasteiger partial charge on any atom is -0.494 e. The molecule has 0 aliphatic heterocycles. The second-order valence-corrected chi connectivity index (χ2v) is 7.55. The van der Waals surface area contributed by atoms with Crippen LogP contribution in [0.25, 0.3) is 0 Å². The molecular weight excluding hydrogens is 347 g/mol. The number of sulfonamides is 1. The zero-order valence-corrected chi connectivity index (χ0v) is 14.9. The highest BCUT2D eigenvalue weighted by Gasteiger charge is 2.21. The van der Waals surface area contributed by atoms with Crippen LogP contribution in [0.1, 0.15) is 15.9 Å². The second-order valence-electron chi connectivity index (χ2n) is 5.43. The molecule has 2 aromatic rings. The van der Waals surface area contributed by atoms with E-state index in [4.69, 9.17) is 4.74 Å². The predicted octanol–water partition coefficient (Wildman–Crippen LogP) is 2.01. The van der Waals surface area contributed by atoms with Gasteiger partial charge in [0.2, 0.25) is 10.0 Å². The van der Waals surface area contributed by atoms with E-state index in [9.17, 15) is 17.6 Å². The summed E-state index contributed by atoms with van der Waals surface area (Å²) in [5.74, 6) is -1.12. The van der Waals surface area contributed by atoms with E-state index in [1.165, 1.54) is 39.4 Å². The van der Waals surface area contributed by atoms with E-state index < -0.39 is 21.7 Å². The molecule has 25 heavy (non-hydrogen) atoms. The maximum absolute atomic E-state index is 13.7. The van der Waals surface area contributed by atoms with Crippen LogP contribution in [0.5, 0.6) is 5.75 Å². The van der Waals surface area contributed by atoms with Crippen molar-refractivity contribution in [2.75, 3.05) is 21.2 Å². The summed E-state index contributed by atoms with van der Waals surface area (Å²) in [6.07, 6.45) is 0. The Morgan fingerprint density at radius 1 is 1.20 bits per heavy atom. The van der Waals surface area contributed by atoms with Crippen LogP contribution in [-0.4, -0.2) is 39.8 Å². The summed E-state index contributed by atoms with van der Waals surface area (Å²) in [5, 5.41) is 2.60. The van der Waals surface area contributed by atoms with Crippen molar-refractivity contribution in [3.63, 3.8) is 0 Å². The maximum Gasteiger partial charge on any atom is 0.251 e. The minimum absolute atomic E-state index is 0.00424. The van der Waals surface area contributed by atoms with E-state index in [-0.39, 0.29) is 22.8 Å². The van der Waals surface area contributed by atoms with Crippen LogP contribution >= 0.6 is 0 Å². The standard InChI is InChI=1S/C17H19FN2O4S/c1-20(2)25(22,23)16-7-5-4-6-13(16)11-19-17(21)12-8-9-15(24-3)14(18)10-12/h4-10H,11H2,1-3H3,(H,19,21). The third-order valence-electron chi connectivity index (χ3n) is 3.58. The topological polar surface area (TPSA) is 75.7 Å². The normalized spacial score (nSPS) is 11.4. The van der Waals surface area contributed by atoms with Gasteiger partial charge in [0.25, 0.3) is 5.91 Å². The number of methoxy groups -OCH3 is 1. The fraction of sp³-hybridized carbons (Fsp3) is 0.235. The fourth-order valence-electron chi connectivity index (χ4n) is 2.18. The smallest absolute Gasteiger partial charge is 0.251 e. The molecule has 1 amide bonds. The average Bonchev–Trinajstić information content (AvgIpc) is 2.59. The SMILES string of the molecule is COc1ccc(C(=O)NCc2ccccc2S(=O)(=O)N(C)C)cc1F. The Labute approximate surface area is 146 Å². The van der Waals surface area contributed by atoms with E-state index in [1.807, 2.05) is 0 Å². The van der Waals surface area contributed by atoms with Gasteiger partial charge >= 0.3 is 0 Å². The van der Waals surface area contributed by atoms with E-state index in [2.05, 4.69) is 5.32 Å². The fourth-order valence-corrected chi connectivity index (χ4v) is 3.30. The Bertz CT molecular complexity index is 882. The molecule has 0 aliphatic rings. The highest BCUT2D eigenvalue weighted by atomic mass is 32.2. The predicted molar refractivity (Wildman–Crippen MR) is 91.4 cm³/mol. The van der Waals surface area contributed by atoms with Gasteiger partial charge in [-0.3, -0.25) is 4.79 Å². The molecule has 0 bridgehead atoms. The van der Waals surface area contributed by atoms with Gasteiger partial charge in [-0.05, 0) is 29.8 Å². The molecule has 2 rings (SSSR count). The zero-order chi connectivity index (χ0) is 18.6. The molecule has 0 heterocycles. The Morgan fingerprint density at radius 3 is 2.48 bits per heavy atom. The van der Waals surface area contributed by atoms with Crippen molar-refractivity contribution in [1.29, 1.82) is 0 Å². The molecule has 6 nitrogen and oxygen atoms in total. The molecule has 0 saturated heterocycles. The summed E-state index contributed by atoms with van der Waals surface area (Å²) in [5.41, 5.74) is 0.560. The number of carbonyl (C=O) groups is 1. The monoisotopic (exact) mass is 366 g/mol. The second kappa shape index (κ2) is 7.62. The van der Waals surface area contributed by atoms with Crippen molar-refractivity contribution in [2.45, 2.75) is 11.4 Å². The first-order valence-corrected chi connectivity index (χ1v) is 8.83. The van der Waals surface area contributed by atoms with E-state index >= 15 is 0 Å². The van der Waals surface area contributed by atoms with Gasteiger partial charge in [0.15, 0.2) is 11.6 Å². The average molecular weight is 366 g/mol. The van der Waals surface area contributed by atoms with Crippen molar-refractivity contribution in [2.24, 2.45) is 0 Å². The number of nitrogens with one attached hydrogen (secondary N) is 1. The number of benzene rings is 2. The molecule has 134 valence electrons. The van der Waals surface area contributed by atoms with Gasteiger partial charge < -0.3 is 10.1 Å². The molecule has 0 atom stereocenters. The Hall–Kier alpha value is -2.45. The third kappa shape index (κ3) is 4.15. The molecule has 0 saturated carbocycles. The number of halogens is 1. The summed E-state index contributed by atoms with van der Waals surface area (Å²) < 4.78 is 44.3. The Balaban J connectivity index is 2.20. The number of hydrogen-bond acceptors (Lipinski definition) is 4. The quantitative estimate of drug-likeness (QED) is 0.849. The van der Waals surface area contributed by atoms with Gasteiger partial charge in [-0.1, -0.05) is 18.2 Å². The van der Waals surface area contributed by atoms with Gasteiger partial charge in [-0.2, -0.15) is 0 Å². The summed E-state index contributed by atoms with van der Waals surface area (Å²) >= 11 is 0. The number of amides is 1. The molecule has 1 N–H and O–H groups in total. The van der Waals surface area contributed by atoms with Crippen LogP contribution in [0, 0.1) is 5.82 Å². The largest absolute Gasteiger partial charge is 0.494 e. The number of rotatable bonds is 6. The van der Waals surface area contributed by atoms with Crippen LogP contribution in [-0.2, 0) is 16.6 Å². The Morgan fingerprint density at radius 2 is 1.88 bits per heavy atom. The van der Waals surface area contributed by atoms with Crippen molar-refractivity contribution in [1.82, 2.24) is 9.62 Å². The van der Waals surface area contributed by atoms with E-state index in [1.54, 1.807) is 18.2 Å². The lowest BCUT2D eigenvalue weighted by Gasteiger charge is -2.15. The summed E-state index contributed by atoms with van der Waals surface area (Å²) in [4.78, 5) is 12.3. The Kier molecular flexibility index (Phi) is 5.76. The summed E-state index contributed by atoms with van der Waals surface area (Å²) in [6.45, 7) is -0.00424. The lowest BCUT2D eigenvalue weighted by atomic mass is 10.1.